The summed E-state index contributed by atoms with van der Waals surface area (Å²) in [5.74, 6) is 4.20. The zero-order valence-corrected chi connectivity index (χ0v) is 8.36. The number of aryl methyl sites for hydroxylation is 1. The molecule has 0 aromatic heterocycles. The van der Waals surface area contributed by atoms with Crippen molar-refractivity contribution >= 4 is 15.4 Å². The molecule has 0 N–H and O–H groups in total. The highest BCUT2D eigenvalue weighted by Crippen LogP contribution is 2.07. The van der Waals surface area contributed by atoms with Gasteiger partial charge in [0.1, 0.15) is 0 Å². The van der Waals surface area contributed by atoms with E-state index in [9.17, 15) is 4.21 Å². The van der Waals surface area contributed by atoms with Crippen LogP contribution in [0.4, 0.5) is 0 Å². The molecule has 1 unspecified atom stereocenters. The van der Waals surface area contributed by atoms with Crippen LogP contribution in [-0.2, 0) is 15.3 Å². The van der Waals surface area contributed by atoms with Gasteiger partial charge in [-0.2, -0.15) is 0 Å². The van der Waals surface area contributed by atoms with Gasteiger partial charge in [-0.25, -0.2) is 0 Å². The van der Waals surface area contributed by atoms with E-state index in [1.165, 1.54) is 5.56 Å². The van der Waals surface area contributed by atoms with Crippen molar-refractivity contribution in [3.8, 4) is 0 Å². The minimum absolute atomic E-state index is 0.578. The Morgan fingerprint density at radius 2 is 2.17 bits per heavy atom. The van der Waals surface area contributed by atoms with E-state index in [1.54, 1.807) is 6.26 Å². The Bertz CT molecular complexity index is 363. The second-order valence-electron chi connectivity index (χ2n) is 3.32. The number of benzene rings is 1. The van der Waals surface area contributed by atoms with Gasteiger partial charge in [-0.1, -0.05) is 29.8 Å². The molecule has 1 aromatic carbocycles. The molecule has 0 saturated carbocycles. The molecule has 0 aliphatic carbocycles. The first kappa shape index (κ1) is 9.33. The maximum Gasteiger partial charge on any atom is 0.0407 e. The summed E-state index contributed by atoms with van der Waals surface area (Å²) in [7, 11) is -1.89. The van der Waals surface area contributed by atoms with Crippen LogP contribution in [0.5, 0.6) is 0 Å². The van der Waals surface area contributed by atoms with Gasteiger partial charge >= 0.3 is 0 Å². The first-order chi connectivity index (χ1) is 5.47. The van der Waals surface area contributed by atoms with Gasteiger partial charge < -0.3 is 0 Å². The molecular weight excluding hydrogens is 168 g/mol. The Hall–Kier alpha value is -0.760. The van der Waals surface area contributed by atoms with Gasteiger partial charge in [0, 0.05) is 12.0 Å². The van der Waals surface area contributed by atoms with E-state index in [2.05, 4.69) is 5.87 Å². The highest BCUT2D eigenvalue weighted by Gasteiger charge is 1.98. The average Bonchev–Trinajstić information content (AvgIpc) is 1.82. The van der Waals surface area contributed by atoms with Crippen LogP contribution in [-0.4, -0.2) is 16.3 Å². The minimum atomic E-state index is -1.89. The highest BCUT2D eigenvalue weighted by molar-refractivity contribution is 7.98. The summed E-state index contributed by atoms with van der Waals surface area (Å²) in [5.41, 5.74) is 2.31. The van der Waals surface area contributed by atoms with E-state index < -0.39 is 9.52 Å². The van der Waals surface area contributed by atoms with Gasteiger partial charge in [0.15, 0.2) is 0 Å². The fraction of sp³-hybridized carbons (Fsp3) is 0.300. The minimum Gasteiger partial charge on any atom is -0.268 e. The molecule has 12 heavy (non-hydrogen) atoms. The van der Waals surface area contributed by atoms with Crippen LogP contribution in [0.25, 0.3) is 0 Å². The third kappa shape index (κ3) is 3.09. The molecule has 0 aliphatic rings. The van der Waals surface area contributed by atoms with E-state index in [0.717, 1.165) is 5.56 Å². The van der Waals surface area contributed by atoms with Gasteiger partial charge in [-0.15, -0.1) is 0 Å². The van der Waals surface area contributed by atoms with Crippen LogP contribution in [0.3, 0.4) is 0 Å². The van der Waals surface area contributed by atoms with E-state index in [1.807, 2.05) is 31.2 Å². The summed E-state index contributed by atoms with van der Waals surface area (Å²) in [6.07, 6.45) is 1.69. The summed E-state index contributed by atoms with van der Waals surface area (Å²) >= 11 is 0. The normalized spacial score (nSPS) is 15.5. The lowest BCUT2D eigenvalue weighted by Crippen LogP contribution is -2.00. The van der Waals surface area contributed by atoms with E-state index >= 15 is 0 Å². The average molecular weight is 182 g/mol. The summed E-state index contributed by atoms with van der Waals surface area (Å²) in [5, 5.41) is 0. The molecule has 2 heteroatoms. The maximum atomic E-state index is 11.4. The molecule has 66 valence electrons. The monoisotopic (exact) mass is 182 g/mol. The highest BCUT2D eigenvalue weighted by atomic mass is 32.2. The van der Waals surface area contributed by atoms with Crippen molar-refractivity contribution in [2.45, 2.75) is 12.7 Å². The van der Waals surface area contributed by atoms with Gasteiger partial charge in [0.05, 0.1) is 0 Å². The van der Waals surface area contributed by atoms with E-state index in [4.69, 9.17) is 0 Å². The number of hydrogen-bond acceptors (Lipinski definition) is 1. The largest absolute Gasteiger partial charge is 0.268 e. The van der Waals surface area contributed by atoms with Crippen LogP contribution in [0.2, 0.25) is 0 Å². The molecule has 0 spiro atoms. The topological polar surface area (TPSA) is 17.1 Å². The lowest BCUT2D eigenvalue weighted by atomic mass is 10.2. The van der Waals surface area contributed by atoms with Crippen LogP contribution < -0.4 is 0 Å². The van der Waals surface area contributed by atoms with Crippen molar-refractivity contribution in [2.24, 2.45) is 0 Å². The standard InChI is InChI=1S/C10H14OS/c1-9-5-4-6-10(7-9)8-12(2,3)11/h4-7H,2,8H2,1,3H3. The first-order valence-electron chi connectivity index (χ1n) is 3.83. The Kier molecular flexibility index (Phi) is 2.58. The first-order valence-corrected chi connectivity index (χ1v) is 6.13. The Morgan fingerprint density at radius 1 is 1.50 bits per heavy atom. The van der Waals surface area contributed by atoms with Gasteiger partial charge in [0.25, 0.3) is 0 Å². The lowest BCUT2D eigenvalue weighted by Gasteiger charge is -2.03. The molecule has 0 saturated heterocycles. The van der Waals surface area contributed by atoms with Gasteiger partial charge in [-0.05, 0) is 27.9 Å². The second-order valence-corrected chi connectivity index (χ2v) is 5.97. The predicted molar refractivity (Wildman–Crippen MR) is 56.1 cm³/mol. The smallest absolute Gasteiger partial charge is 0.0407 e. The quantitative estimate of drug-likeness (QED) is 0.638. The fourth-order valence-electron chi connectivity index (χ4n) is 1.15. The molecule has 0 bridgehead atoms. The van der Waals surface area contributed by atoms with Crippen LogP contribution >= 0.6 is 0 Å². The van der Waals surface area contributed by atoms with Crippen molar-refractivity contribution in [3.63, 3.8) is 0 Å². The molecule has 1 rings (SSSR count). The number of hydrogen-bond donors (Lipinski definition) is 0. The Morgan fingerprint density at radius 3 is 2.67 bits per heavy atom. The van der Waals surface area contributed by atoms with Gasteiger partial charge in [-0.3, -0.25) is 4.21 Å². The SMILES string of the molecule is C=S(C)(=O)Cc1cccc(C)c1. The molecule has 1 aromatic rings. The molecule has 0 aliphatic heterocycles. The summed E-state index contributed by atoms with van der Waals surface area (Å²) in [6.45, 7) is 2.03. The van der Waals surface area contributed by atoms with Crippen molar-refractivity contribution < 1.29 is 4.21 Å². The Labute approximate surface area is 74.4 Å². The van der Waals surface area contributed by atoms with Crippen molar-refractivity contribution in [1.29, 1.82) is 0 Å². The molecule has 0 heterocycles. The summed E-state index contributed by atoms with van der Waals surface area (Å²) in [4.78, 5) is 0. The van der Waals surface area contributed by atoms with E-state index in [0.29, 0.717) is 5.75 Å². The van der Waals surface area contributed by atoms with Crippen LogP contribution in [0.15, 0.2) is 24.3 Å². The molecule has 0 amide bonds. The van der Waals surface area contributed by atoms with Crippen LogP contribution in [0.1, 0.15) is 11.1 Å². The molecule has 1 nitrogen and oxygen atoms in total. The lowest BCUT2D eigenvalue weighted by molar-refractivity contribution is 0.684. The molecule has 0 fully saturated rings. The second kappa shape index (κ2) is 3.31. The van der Waals surface area contributed by atoms with Crippen molar-refractivity contribution in [1.82, 2.24) is 0 Å². The molecule has 1 atom stereocenters. The summed E-state index contributed by atoms with van der Waals surface area (Å²) < 4.78 is 11.4. The zero-order chi connectivity index (χ0) is 9.19. The van der Waals surface area contributed by atoms with Crippen molar-refractivity contribution in [2.75, 3.05) is 6.26 Å². The third-order valence-electron chi connectivity index (χ3n) is 1.55. The third-order valence-corrected chi connectivity index (χ3v) is 2.50. The predicted octanol–water partition coefficient (Wildman–Crippen LogP) is 1.84. The fourth-order valence-corrected chi connectivity index (χ4v) is 2.04. The van der Waals surface area contributed by atoms with E-state index in [-0.39, 0.29) is 0 Å². The number of rotatable bonds is 2. The maximum absolute atomic E-state index is 11.4. The molecular formula is C10H14OS. The molecule has 0 radical (unpaired) electrons. The Balaban J connectivity index is 2.91. The van der Waals surface area contributed by atoms with Gasteiger partial charge in [0.2, 0.25) is 0 Å². The summed E-state index contributed by atoms with van der Waals surface area (Å²) in [6, 6.07) is 8.05. The zero-order valence-electron chi connectivity index (χ0n) is 7.54. The van der Waals surface area contributed by atoms with Crippen LogP contribution in [0, 0.1) is 6.92 Å². The van der Waals surface area contributed by atoms with Crippen molar-refractivity contribution in [3.05, 3.63) is 35.4 Å².